The van der Waals surface area contributed by atoms with Crippen molar-refractivity contribution in [3.63, 3.8) is 0 Å². The van der Waals surface area contributed by atoms with Crippen LogP contribution in [0.4, 0.5) is 4.79 Å². The van der Waals surface area contributed by atoms with Crippen molar-refractivity contribution >= 4 is 27.9 Å². The summed E-state index contributed by atoms with van der Waals surface area (Å²) in [7, 11) is -3.34. The van der Waals surface area contributed by atoms with Gasteiger partial charge < -0.3 is 10.4 Å². The van der Waals surface area contributed by atoms with E-state index >= 15 is 0 Å². The number of amides is 3. The number of carbonyl (C=O) groups is 3. The van der Waals surface area contributed by atoms with Crippen LogP contribution in [-0.4, -0.2) is 50.8 Å². The van der Waals surface area contributed by atoms with Gasteiger partial charge in [0.15, 0.2) is 0 Å². The molecule has 0 heterocycles. The lowest BCUT2D eigenvalue weighted by Crippen LogP contribution is -2.43. The molecule has 0 aliphatic heterocycles. The average Bonchev–Trinajstić information content (AvgIpc) is 2.31. The van der Waals surface area contributed by atoms with E-state index in [0.717, 1.165) is 6.26 Å². The van der Waals surface area contributed by atoms with Crippen LogP contribution in [0.2, 0.25) is 0 Å². The number of urea groups is 1. The monoisotopic (exact) mass is 307 g/mol. The van der Waals surface area contributed by atoms with Crippen LogP contribution in [0.15, 0.2) is 11.1 Å². The summed E-state index contributed by atoms with van der Waals surface area (Å²) in [6.45, 7) is 2.47. The Morgan fingerprint density at radius 2 is 1.60 bits per heavy atom. The van der Waals surface area contributed by atoms with Gasteiger partial charge in [-0.25, -0.2) is 22.7 Å². The molecule has 9 nitrogen and oxygen atoms in total. The first kappa shape index (κ1) is 18.1. The van der Waals surface area contributed by atoms with Crippen molar-refractivity contribution in [3.8, 4) is 0 Å². The molecule has 0 fully saturated rings. The van der Waals surface area contributed by atoms with Crippen molar-refractivity contribution in [2.45, 2.75) is 13.8 Å². The van der Waals surface area contributed by atoms with E-state index in [9.17, 15) is 22.8 Å². The summed E-state index contributed by atoms with van der Waals surface area (Å²) in [4.78, 5) is 33.4. The molecule has 0 unspecified atom stereocenters. The number of carboxylic acid groups (broad SMARTS) is 1. The van der Waals surface area contributed by atoms with Gasteiger partial charge in [0.2, 0.25) is 10.0 Å². The Morgan fingerprint density at radius 3 is 2.05 bits per heavy atom. The minimum atomic E-state index is -3.34. The SMILES string of the molecule is CC(C(=O)O)=C(C)C(=O)NC(=O)NCCNS(C)(=O)=O. The molecule has 0 saturated carbocycles. The normalized spacial score (nSPS) is 12.3. The van der Waals surface area contributed by atoms with E-state index in [1.807, 2.05) is 5.32 Å². The summed E-state index contributed by atoms with van der Waals surface area (Å²) in [5.74, 6) is -2.09. The third-order valence-corrected chi connectivity index (χ3v) is 2.95. The Morgan fingerprint density at radius 1 is 1.05 bits per heavy atom. The van der Waals surface area contributed by atoms with Crippen LogP contribution in [-0.2, 0) is 19.6 Å². The molecule has 0 aliphatic carbocycles. The quantitative estimate of drug-likeness (QED) is 0.358. The van der Waals surface area contributed by atoms with Crippen molar-refractivity contribution in [2.75, 3.05) is 19.3 Å². The molecule has 0 bridgehead atoms. The highest BCUT2D eigenvalue weighted by Gasteiger charge is 2.14. The maximum atomic E-state index is 11.5. The van der Waals surface area contributed by atoms with Crippen molar-refractivity contribution in [2.24, 2.45) is 0 Å². The second kappa shape index (κ2) is 7.60. The van der Waals surface area contributed by atoms with Crippen molar-refractivity contribution in [3.05, 3.63) is 11.1 Å². The van der Waals surface area contributed by atoms with E-state index in [0.29, 0.717) is 0 Å². The minimum Gasteiger partial charge on any atom is -0.478 e. The molecule has 114 valence electrons. The molecule has 0 radical (unpaired) electrons. The summed E-state index contributed by atoms with van der Waals surface area (Å²) < 4.78 is 23.6. The third-order valence-electron chi connectivity index (χ3n) is 2.23. The first-order valence-corrected chi connectivity index (χ1v) is 7.38. The molecule has 0 aliphatic rings. The Bertz CT molecular complexity index is 537. The topological polar surface area (TPSA) is 142 Å². The highest BCUT2D eigenvalue weighted by Crippen LogP contribution is 2.02. The summed E-state index contributed by atoms with van der Waals surface area (Å²) >= 11 is 0. The zero-order valence-electron chi connectivity index (χ0n) is 11.3. The fraction of sp³-hybridized carbons (Fsp3) is 0.500. The number of sulfonamides is 1. The minimum absolute atomic E-state index is 0.0210. The van der Waals surface area contributed by atoms with Gasteiger partial charge in [0.1, 0.15) is 0 Å². The van der Waals surface area contributed by atoms with E-state index in [1.165, 1.54) is 13.8 Å². The number of carbonyl (C=O) groups excluding carboxylic acids is 2. The summed E-state index contributed by atoms with van der Waals surface area (Å²) in [6, 6.07) is -0.845. The van der Waals surface area contributed by atoms with Gasteiger partial charge in [-0.15, -0.1) is 0 Å². The van der Waals surface area contributed by atoms with Gasteiger partial charge in [-0.3, -0.25) is 10.1 Å². The maximum absolute atomic E-state index is 11.5. The standard InChI is InChI=1S/C10H17N3O6S/c1-6(7(2)9(15)16)8(14)13-10(17)11-4-5-12-20(3,18)19/h12H,4-5H2,1-3H3,(H,15,16)(H2,11,13,14,17). The van der Waals surface area contributed by atoms with Gasteiger partial charge in [0.25, 0.3) is 5.91 Å². The van der Waals surface area contributed by atoms with Gasteiger partial charge in [0.05, 0.1) is 6.26 Å². The molecule has 0 aromatic rings. The van der Waals surface area contributed by atoms with Crippen molar-refractivity contribution in [1.82, 2.24) is 15.4 Å². The van der Waals surface area contributed by atoms with Gasteiger partial charge >= 0.3 is 12.0 Å². The smallest absolute Gasteiger partial charge is 0.331 e. The molecule has 4 N–H and O–H groups in total. The van der Waals surface area contributed by atoms with Gasteiger partial charge in [0, 0.05) is 24.2 Å². The zero-order valence-corrected chi connectivity index (χ0v) is 12.1. The molecular weight excluding hydrogens is 290 g/mol. The molecule has 20 heavy (non-hydrogen) atoms. The molecule has 10 heteroatoms. The third kappa shape index (κ3) is 7.48. The van der Waals surface area contributed by atoms with Crippen LogP contribution >= 0.6 is 0 Å². The van der Waals surface area contributed by atoms with Crippen molar-refractivity contribution < 1.29 is 27.9 Å². The number of carboxylic acids is 1. The number of aliphatic carboxylic acids is 1. The van der Waals surface area contributed by atoms with Gasteiger partial charge in [-0.2, -0.15) is 0 Å². The fourth-order valence-electron chi connectivity index (χ4n) is 0.984. The number of imide groups is 1. The van der Waals surface area contributed by atoms with Gasteiger partial charge in [-0.05, 0) is 13.8 Å². The predicted octanol–water partition coefficient (Wildman–Crippen LogP) is -1.22. The van der Waals surface area contributed by atoms with E-state index < -0.39 is 27.9 Å². The first-order chi connectivity index (χ1) is 9.04. The number of nitrogens with one attached hydrogen (secondary N) is 3. The largest absolute Gasteiger partial charge is 0.478 e. The highest BCUT2D eigenvalue weighted by atomic mass is 32.2. The van der Waals surface area contributed by atoms with Gasteiger partial charge in [-0.1, -0.05) is 0 Å². The number of rotatable bonds is 6. The highest BCUT2D eigenvalue weighted by molar-refractivity contribution is 7.88. The van der Waals surface area contributed by atoms with Crippen molar-refractivity contribution in [1.29, 1.82) is 0 Å². The second-order valence-electron chi connectivity index (χ2n) is 3.93. The van der Waals surface area contributed by atoms with E-state index in [2.05, 4.69) is 10.0 Å². The van der Waals surface area contributed by atoms with Crippen LogP contribution in [0.25, 0.3) is 0 Å². The molecule has 0 spiro atoms. The average molecular weight is 307 g/mol. The number of hydrogen-bond donors (Lipinski definition) is 4. The van der Waals surface area contributed by atoms with Crippen LogP contribution in [0.5, 0.6) is 0 Å². The number of hydrogen-bond acceptors (Lipinski definition) is 5. The summed E-state index contributed by atoms with van der Waals surface area (Å²) in [6.07, 6.45) is 0.972. The van der Waals surface area contributed by atoms with E-state index in [4.69, 9.17) is 5.11 Å². The second-order valence-corrected chi connectivity index (χ2v) is 5.76. The first-order valence-electron chi connectivity index (χ1n) is 5.49. The Labute approximate surface area is 116 Å². The van der Waals surface area contributed by atoms with Crippen LogP contribution in [0.1, 0.15) is 13.8 Å². The Hall–Kier alpha value is -1.94. The lowest BCUT2D eigenvalue weighted by molar-refractivity contribution is -0.133. The molecule has 0 aromatic carbocycles. The van der Waals surface area contributed by atoms with Crippen LogP contribution in [0.3, 0.4) is 0 Å². The lowest BCUT2D eigenvalue weighted by atomic mass is 10.1. The zero-order chi connectivity index (χ0) is 15.9. The summed E-state index contributed by atoms with van der Waals surface area (Å²) in [5.41, 5.74) is -0.268. The van der Waals surface area contributed by atoms with E-state index in [-0.39, 0.29) is 24.2 Å². The Kier molecular flexibility index (Phi) is 6.86. The van der Waals surface area contributed by atoms with Crippen LogP contribution < -0.4 is 15.4 Å². The Balaban J connectivity index is 4.26. The molecule has 0 atom stereocenters. The predicted molar refractivity (Wildman–Crippen MR) is 70.4 cm³/mol. The molecule has 0 aromatic heterocycles. The molecule has 0 rings (SSSR count). The van der Waals surface area contributed by atoms with E-state index in [1.54, 1.807) is 0 Å². The molecule has 3 amide bonds. The maximum Gasteiger partial charge on any atom is 0.331 e. The molecule has 0 saturated heterocycles. The van der Waals surface area contributed by atoms with Crippen LogP contribution in [0, 0.1) is 0 Å². The fourth-order valence-corrected chi connectivity index (χ4v) is 1.46. The lowest BCUT2D eigenvalue weighted by Gasteiger charge is -2.08. The summed E-state index contributed by atoms with van der Waals surface area (Å²) in [5, 5.41) is 12.8. The molecular formula is C10H17N3O6S.